The van der Waals surface area contributed by atoms with E-state index in [1.165, 1.54) is 6.07 Å². The van der Waals surface area contributed by atoms with Crippen LogP contribution in [0.4, 0.5) is 4.39 Å². The minimum atomic E-state index is -0.728. The summed E-state index contributed by atoms with van der Waals surface area (Å²) in [4.78, 5) is 13.5. The lowest BCUT2D eigenvalue weighted by Crippen LogP contribution is -2.39. The summed E-state index contributed by atoms with van der Waals surface area (Å²) in [7, 11) is 0. The Kier molecular flexibility index (Phi) is 5.19. The Bertz CT molecular complexity index is 746. The van der Waals surface area contributed by atoms with E-state index in [-0.39, 0.29) is 17.8 Å². The van der Waals surface area contributed by atoms with E-state index in [1.807, 2.05) is 26.0 Å². The lowest BCUT2D eigenvalue weighted by molar-refractivity contribution is -0.143. The number of carboxylic acids is 1. The van der Waals surface area contributed by atoms with Gasteiger partial charge in [0.05, 0.1) is 12.0 Å². The first-order chi connectivity index (χ1) is 12.0. The molecule has 1 saturated heterocycles. The fourth-order valence-electron chi connectivity index (χ4n) is 3.86. The van der Waals surface area contributed by atoms with Gasteiger partial charge in [-0.2, -0.15) is 0 Å². The molecule has 1 aliphatic heterocycles. The molecule has 1 fully saturated rings. The van der Waals surface area contributed by atoms with Gasteiger partial charge >= 0.3 is 5.97 Å². The minimum absolute atomic E-state index is 0.186. The number of hydrogen-bond donors (Lipinski definition) is 1. The number of nitrogens with zero attached hydrogens (tertiary/aromatic N) is 1. The van der Waals surface area contributed by atoms with Crippen LogP contribution >= 0.6 is 0 Å². The van der Waals surface area contributed by atoms with Gasteiger partial charge in [-0.15, -0.1) is 0 Å². The first-order valence-corrected chi connectivity index (χ1v) is 8.75. The van der Waals surface area contributed by atoms with Crippen molar-refractivity contribution in [1.82, 2.24) is 4.90 Å². The predicted molar refractivity (Wildman–Crippen MR) is 96.1 cm³/mol. The molecule has 0 aliphatic carbocycles. The maximum Gasteiger partial charge on any atom is 0.306 e. The third kappa shape index (κ3) is 3.90. The number of carboxylic acid groups (broad SMARTS) is 1. The van der Waals surface area contributed by atoms with Gasteiger partial charge in [0, 0.05) is 5.56 Å². The fraction of sp³-hybridized carbons (Fsp3) is 0.381. The fourth-order valence-corrected chi connectivity index (χ4v) is 3.86. The molecule has 1 N–H and O–H groups in total. The number of halogens is 1. The second-order valence-electron chi connectivity index (χ2n) is 6.99. The number of carbonyl (C=O) groups is 1. The lowest BCUT2D eigenvalue weighted by Gasteiger charge is -2.37. The summed E-state index contributed by atoms with van der Waals surface area (Å²) in [6, 6.07) is 13.0. The van der Waals surface area contributed by atoms with E-state index >= 15 is 0 Å². The Morgan fingerprint density at radius 1 is 1.12 bits per heavy atom. The number of likely N-dealkylation sites (tertiary alicyclic amines) is 1. The molecule has 0 spiro atoms. The normalized spacial score (nSPS) is 17.4. The molecule has 0 aromatic heterocycles. The van der Waals surface area contributed by atoms with Gasteiger partial charge in [0.2, 0.25) is 0 Å². The number of benzene rings is 2. The van der Waals surface area contributed by atoms with E-state index in [0.29, 0.717) is 31.5 Å². The van der Waals surface area contributed by atoms with Crippen molar-refractivity contribution in [2.75, 3.05) is 13.1 Å². The molecule has 132 valence electrons. The van der Waals surface area contributed by atoms with Crippen molar-refractivity contribution in [2.45, 2.75) is 32.7 Å². The van der Waals surface area contributed by atoms with E-state index in [4.69, 9.17) is 0 Å². The number of rotatable bonds is 4. The van der Waals surface area contributed by atoms with Crippen molar-refractivity contribution < 1.29 is 14.3 Å². The molecule has 25 heavy (non-hydrogen) atoms. The second-order valence-corrected chi connectivity index (χ2v) is 6.99. The van der Waals surface area contributed by atoms with Crippen molar-refractivity contribution in [2.24, 2.45) is 5.92 Å². The Morgan fingerprint density at radius 3 is 2.28 bits per heavy atom. The van der Waals surface area contributed by atoms with Gasteiger partial charge < -0.3 is 5.11 Å². The summed E-state index contributed by atoms with van der Waals surface area (Å²) in [6.07, 6.45) is 1.20. The van der Waals surface area contributed by atoms with Crippen LogP contribution in [0.1, 0.15) is 41.1 Å². The molecule has 2 aromatic carbocycles. The van der Waals surface area contributed by atoms with Crippen LogP contribution in [0.15, 0.2) is 42.5 Å². The largest absolute Gasteiger partial charge is 0.481 e. The lowest BCUT2D eigenvalue weighted by atomic mass is 9.90. The molecule has 3 rings (SSSR count). The Hall–Kier alpha value is -2.20. The maximum absolute atomic E-state index is 14.6. The van der Waals surface area contributed by atoms with Crippen molar-refractivity contribution in [3.8, 4) is 0 Å². The number of aryl methyl sites for hydroxylation is 2. The molecule has 4 heteroatoms. The number of hydrogen-bond acceptors (Lipinski definition) is 2. The standard InChI is InChI=1S/C21H24FNO2/c1-14-11-15(2)13-17(12-14)20(18-5-3-4-6-19(18)22)23-9-7-16(8-10-23)21(24)25/h3-6,11-13,16,20H,7-10H2,1-2H3,(H,24,25). The third-order valence-corrected chi connectivity index (χ3v) is 5.00. The van der Waals surface area contributed by atoms with E-state index in [1.54, 1.807) is 6.07 Å². The van der Waals surface area contributed by atoms with E-state index in [2.05, 4.69) is 23.1 Å². The van der Waals surface area contributed by atoms with Crippen LogP contribution in [0.25, 0.3) is 0 Å². The van der Waals surface area contributed by atoms with Crippen LogP contribution in [0.2, 0.25) is 0 Å². The molecular formula is C21H24FNO2. The summed E-state index contributed by atoms with van der Waals surface area (Å²) in [6.45, 7) is 5.41. The third-order valence-electron chi connectivity index (χ3n) is 5.00. The van der Waals surface area contributed by atoms with Crippen molar-refractivity contribution in [1.29, 1.82) is 0 Å². The monoisotopic (exact) mass is 341 g/mol. The molecule has 0 saturated carbocycles. The first-order valence-electron chi connectivity index (χ1n) is 8.75. The average molecular weight is 341 g/mol. The topological polar surface area (TPSA) is 40.5 Å². The van der Waals surface area contributed by atoms with Crippen LogP contribution in [0.5, 0.6) is 0 Å². The number of aliphatic carboxylic acids is 1. The maximum atomic E-state index is 14.6. The number of piperidine rings is 1. The summed E-state index contributed by atoms with van der Waals surface area (Å²) in [5.74, 6) is -1.24. The van der Waals surface area contributed by atoms with Crippen molar-refractivity contribution in [3.05, 3.63) is 70.5 Å². The van der Waals surface area contributed by atoms with E-state index in [9.17, 15) is 14.3 Å². The van der Waals surface area contributed by atoms with Gasteiger partial charge in [0.1, 0.15) is 5.82 Å². The molecule has 0 bridgehead atoms. The molecule has 1 atom stereocenters. The minimum Gasteiger partial charge on any atom is -0.481 e. The van der Waals surface area contributed by atoms with Gasteiger partial charge in [-0.3, -0.25) is 9.69 Å². The molecular weight excluding hydrogens is 317 g/mol. The van der Waals surface area contributed by atoms with Gasteiger partial charge in [0.15, 0.2) is 0 Å². The first kappa shape index (κ1) is 17.6. The van der Waals surface area contributed by atoms with Crippen molar-refractivity contribution in [3.63, 3.8) is 0 Å². The Labute approximate surface area is 148 Å². The molecule has 0 amide bonds. The quantitative estimate of drug-likeness (QED) is 0.900. The zero-order valence-corrected chi connectivity index (χ0v) is 14.7. The van der Waals surface area contributed by atoms with E-state index < -0.39 is 5.97 Å². The van der Waals surface area contributed by atoms with E-state index in [0.717, 1.165) is 16.7 Å². The second kappa shape index (κ2) is 7.36. The SMILES string of the molecule is Cc1cc(C)cc(C(c2ccccc2F)N2CCC(C(=O)O)CC2)c1. The molecule has 3 nitrogen and oxygen atoms in total. The van der Waals surface area contributed by atoms with Crippen LogP contribution < -0.4 is 0 Å². The van der Waals surface area contributed by atoms with Gasteiger partial charge in [-0.05, 0) is 51.4 Å². The Morgan fingerprint density at radius 2 is 1.72 bits per heavy atom. The summed E-state index contributed by atoms with van der Waals surface area (Å²) < 4.78 is 14.6. The smallest absolute Gasteiger partial charge is 0.306 e. The van der Waals surface area contributed by atoms with Crippen molar-refractivity contribution >= 4 is 5.97 Å². The van der Waals surface area contributed by atoms with Gasteiger partial charge in [-0.1, -0.05) is 47.5 Å². The summed E-state index contributed by atoms with van der Waals surface area (Å²) in [5, 5.41) is 9.24. The zero-order valence-electron chi connectivity index (χ0n) is 14.7. The van der Waals surface area contributed by atoms with Crippen LogP contribution in [0.3, 0.4) is 0 Å². The van der Waals surface area contributed by atoms with Crippen LogP contribution in [-0.4, -0.2) is 29.1 Å². The molecule has 1 unspecified atom stereocenters. The highest BCUT2D eigenvalue weighted by Gasteiger charge is 2.31. The molecule has 0 radical (unpaired) electrons. The highest BCUT2D eigenvalue weighted by Crippen LogP contribution is 2.34. The zero-order chi connectivity index (χ0) is 18.0. The predicted octanol–water partition coefficient (Wildman–Crippen LogP) is 4.33. The highest BCUT2D eigenvalue weighted by atomic mass is 19.1. The Balaban J connectivity index is 1.98. The molecule has 1 heterocycles. The molecule has 1 aliphatic rings. The van der Waals surface area contributed by atoms with Gasteiger partial charge in [0.25, 0.3) is 0 Å². The van der Waals surface area contributed by atoms with Crippen LogP contribution in [-0.2, 0) is 4.79 Å². The highest BCUT2D eigenvalue weighted by molar-refractivity contribution is 5.70. The van der Waals surface area contributed by atoms with Crippen LogP contribution in [0, 0.1) is 25.6 Å². The molecule has 2 aromatic rings. The van der Waals surface area contributed by atoms with Gasteiger partial charge in [-0.25, -0.2) is 4.39 Å². The summed E-state index contributed by atoms with van der Waals surface area (Å²) >= 11 is 0. The average Bonchev–Trinajstić information content (AvgIpc) is 2.56. The summed E-state index contributed by atoms with van der Waals surface area (Å²) in [5.41, 5.74) is 4.02.